The molecule has 0 fully saturated rings. The lowest BCUT2D eigenvalue weighted by molar-refractivity contribution is -0.110. The van der Waals surface area contributed by atoms with Gasteiger partial charge in [-0.2, -0.15) is 0 Å². The Labute approximate surface area is 143 Å². The van der Waals surface area contributed by atoms with E-state index >= 15 is 0 Å². The van der Waals surface area contributed by atoms with Crippen LogP contribution in [0.1, 0.15) is 11.1 Å². The molecule has 0 radical (unpaired) electrons. The van der Waals surface area contributed by atoms with E-state index in [1.165, 1.54) is 19.2 Å². The van der Waals surface area contributed by atoms with Crippen molar-refractivity contribution in [1.29, 1.82) is 0 Å². The van der Waals surface area contributed by atoms with E-state index in [0.717, 1.165) is 11.1 Å². The first-order valence-corrected chi connectivity index (χ1v) is 8.88. The Morgan fingerprint density at radius 3 is 2.80 bits per heavy atom. The minimum atomic E-state index is -3.59. The Bertz CT molecular complexity index is 1150. The van der Waals surface area contributed by atoms with Crippen molar-refractivity contribution >= 4 is 44.3 Å². The second-order valence-corrected chi connectivity index (χ2v) is 7.40. The van der Waals surface area contributed by atoms with Gasteiger partial charge in [-0.15, -0.1) is 5.10 Å². The number of nitrogens with zero attached hydrogens (tertiary/aromatic N) is 2. The summed E-state index contributed by atoms with van der Waals surface area (Å²) in [4.78, 5) is 12.4. The summed E-state index contributed by atoms with van der Waals surface area (Å²) >= 11 is 0. The van der Waals surface area contributed by atoms with Crippen molar-refractivity contribution in [3.05, 3.63) is 47.5 Å². The van der Waals surface area contributed by atoms with Gasteiger partial charge in [-0.1, -0.05) is 11.3 Å². The monoisotopic (exact) mass is 355 g/mol. The van der Waals surface area contributed by atoms with Gasteiger partial charge in [0.15, 0.2) is 0 Å². The molecule has 4 rings (SSSR count). The number of carbonyl (C=O) groups is 1. The molecule has 126 valence electrons. The van der Waals surface area contributed by atoms with Crippen LogP contribution in [0.3, 0.4) is 0 Å². The molecule has 2 aromatic carbocycles. The lowest BCUT2D eigenvalue weighted by Gasteiger charge is -2.05. The minimum absolute atomic E-state index is 0.100. The molecule has 0 bridgehead atoms. The van der Waals surface area contributed by atoms with Gasteiger partial charge < -0.3 is 5.32 Å². The predicted molar refractivity (Wildman–Crippen MR) is 93.1 cm³/mol. The largest absolute Gasteiger partial charge is 0.321 e. The third-order valence-electron chi connectivity index (χ3n) is 4.01. The fourth-order valence-electron chi connectivity index (χ4n) is 2.71. The van der Waals surface area contributed by atoms with Crippen molar-refractivity contribution in [3.8, 4) is 0 Å². The van der Waals surface area contributed by atoms with Gasteiger partial charge in [0.2, 0.25) is 10.0 Å². The molecule has 0 spiro atoms. The van der Waals surface area contributed by atoms with E-state index in [4.69, 9.17) is 0 Å². The van der Waals surface area contributed by atoms with E-state index in [2.05, 4.69) is 25.4 Å². The molecule has 1 aliphatic heterocycles. The lowest BCUT2D eigenvalue weighted by Crippen LogP contribution is -2.18. The topological polar surface area (TPSA) is 117 Å². The first-order valence-electron chi connectivity index (χ1n) is 7.40. The standard InChI is InChI=1S/C16H13N5O3S/c1-17-25(23,24)10-3-5-13-11(8-10)12(16(22)18-13)6-9-2-4-14-15(7-9)20-21-19-14/h2-8,17H,1H3,(H,18,22)(H,19,20,21). The number of hydrogen-bond acceptors (Lipinski definition) is 5. The molecule has 0 saturated heterocycles. The molecule has 0 saturated carbocycles. The second-order valence-electron chi connectivity index (χ2n) is 5.52. The molecule has 2 heterocycles. The van der Waals surface area contributed by atoms with E-state index in [-0.39, 0.29) is 10.8 Å². The van der Waals surface area contributed by atoms with Crippen molar-refractivity contribution < 1.29 is 13.2 Å². The Balaban J connectivity index is 1.84. The summed E-state index contributed by atoms with van der Waals surface area (Å²) < 4.78 is 26.3. The van der Waals surface area contributed by atoms with E-state index in [0.29, 0.717) is 22.3 Å². The number of aromatic amines is 1. The molecule has 1 amide bonds. The molecular formula is C16H13N5O3S. The molecule has 8 nitrogen and oxygen atoms in total. The van der Waals surface area contributed by atoms with Crippen LogP contribution in [0.5, 0.6) is 0 Å². The number of fused-ring (bicyclic) bond motifs is 2. The van der Waals surface area contributed by atoms with Crippen molar-refractivity contribution in [2.24, 2.45) is 0 Å². The summed E-state index contributed by atoms with van der Waals surface area (Å²) in [6.07, 6.45) is 1.70. The molecular weight excluding hydrogens is 342 g/mol. The van der Waals surface area contributed by atoms with Crippen LogP contribution in [0.2, 0.25) is 0 Å². The summed E-state index contributed by atoms with van der Waals surface area (Å²) in [5.74, 6) is -0.283. The summed E-state index contributed by atoms with van der Waals surface area (Å²) in [6.45, 7) is 0. The first kappa shape index (κ1) is 15.5. The van der Waals surface area contributed by atoms with Gasteiger partial charge in [-0.25, -0.2) is 13.1 Å². The number of benzene rings is 2. The normalized spacial score (nSPS) is 15.6. The average molecular weight is 355 g/mol. The number of anilines is 1. The van der Waals surface area contributed by atoms with Crippen LogP contribution < -0.4 is 10.0 Å². The first-order chi connectivity index (χ1) is 12.0. The van der Waals surface area contributed by atoms with Crippen LogP contribution in [0.15, 0.2) is 41.3 Å². The fourth-order valence-corrected chi connectivity index (χ4v) is 3.47. The molecule has 3 N–H and O–H groups in total. The molecule has 0 unspecified atom stereocenters. The summed E-state index contributed by atoms with van der Waals surface area (Å²) in [5.41, 5.74) is 3.75. The summed E-state index contributed by atoms with van der Waals surface area (Å²) in [5, 5.41) is 13.2. The van der Waals surface area contributed by atoms with Gasteiger partial charge in [0, 0.05) is 16.8 Å². The summed E-state index contributed by atoms with van der Waals surface area (Å²) in [7, 11) is -2.25. The van der Waals surface area contributed by atoms with Crippen LogP contribution in [-0.4, -0.2) is 36.8 Å². The van der Waals surface area contributed by atoms with Gasteiger partial charge in [0.25, 0.3) is 5.91 Å². The van der Waals surface area contributed by atoms with Crippen LogP contribution in [0.25, 0.3) is 22.7 Å². The van der Waals surface area contributed by atoms with Gasteiger partial charge in [0.1, 0.15) is 5.52 Å². The highest BCUT2D eigenvalue weighted by molar-refractivity contribution is 7.89. The van der Waals surface area contributed by atoms with Gasteiger partial charge in [0.05, 0.1) is 10.4 Å². The quantitative estimate of drug-likeness (QED) is 0.613. The highest BCUT2D eigenvalue weighted by Gasteiger charge is 2.26. The fraction of sp³-hybridized carbons (Fsp3) is 0.0625. The third-order valence-corrected chi connectivity index (χ3v) is 5.43. The van der Waals surface area contributed by atoms with Crippen LogP contribution >= 0.6 is 0 Å². The zero-order valence-electron chi connectivity index (χ0n) is 13.1. The van der Waals surface area contributed by atoms with E-state index in [9.17, 15) is 13.2 Å². The lowest BCUT2D eigenvalue weighted by atomic mass is 10.0. The van der Waals surface area contributed by atoms with Crippen LogP contribution in [0, 0.1) is 0 Å². The molecule has 9 heteroatoms. The maximum atomic E-state index is 12.3. The molecule has 1 aliphatic rings. The number of nitrogens with one attached hydrogen (secondary N) is 3. The van der Waals surface area contributed by atoms with Crippen molar-refractivity contribution in [3.63, 3.8) is 0 Å². The number of rotatable bonds is 3. The van der Waals surface area contributed by atoms with E-state index in [1.54, 1.807) is 18.2 Å². The molecule has 25 heavy (non-hydrogen) atoms. The highest BCUT2D eigenvalue weighted by atomic mass is 32.2. The number of aromatic nitrogens is 3. The maximum Gasteiger partial charge on any atom is 0.256 e. The molecule has 0 aliphatic carbocycles. The van der Waals surface area contributed by atoms with Crippen LogP contribution in [0.4, 0.5) is 5.69 Å². The number of hydrogen-bond donors (Lipinski definition) is 3. The van der Waals surface area contributed by atoms with Crippen LogP contribution in [-0.2, 0) is 14.8 Å². The molecule has 3 aromatic rings. The van der Waals surface area contributed by atoms with Crippen molar-refractivity contribution in [2.45, 2.75) is 4.90 Å². The number of amides is 1. The minimum Gasteiger partial charge on any atom is -0.321 e. The number of carbonyl (C=O) groups excluding carboxylic acids is 1. The average Bonchev–Trinajstić information content (AvgIpc) is 3.19. The Morgan fingerprint density at radius 2 is 2.00 bits per heavy atom. The van der Waals surface area contributed by atoms with E-state index < -0.39 is 10.0 Å². The summed E-state index contributed by atoms with van der Waals surface area (Å²) in [6, 6.07) is 9.96. The Hall–Kier alpha value is -3.04. The van der Waals surface area contributed by atoms with Gasteiger partial charge in [-0.3, -0.25) is 9.89 Å². The number of H-pyrrole nitrogens is 1. The van der Waals surface area contributed by atoms with Gasteiger partial charge >= 0.3 is 0 Å². The Kier molecular flexibility index (Phi) is 3.41. The maximum absolute atomic E-state index is 12.3. The second kappa shape index (κ2) is 5.50. The molecule has 1 aromatic heterocycles. The smallest absolute Gasteiger partial charge is 0.256 e. The third kappa shape index (κ3) is 2.59. The zero-order valence-corrected chi connectivity index (χ0v) is 13.9. The van der Waals surface area contributed by atoms with E-state index in [1.807, 2.05) is 12.1 Å². The highest BCUT2D eigenvalue weighted by Crippen LogP contribution is 2.34. The molecule has 0 atom stereocenters. The van der Waals surface area contributed by atoms with Gasteiger partial charge in [-0.05, 0) is 49.0 Å². The van der Waals surface area contributed by atoms with Crippen molar-refractivity contribution in [2.75, 3.05) is 12.4 Å². The van der Waals surface area contributed by atoms with Crippen molar-refractivity contribution in [1.82, 2.24) is 20.1 Å². The Morgan fingerprint density at radius 1 is 1.16 bits per heavy atom. The SMILES string of the molecule is CNS(=O)(=O)c1ccc2c(c1)C(=Cc1ccc3[nH]nnc3c1)C(=O)N2. The zero-order chi connectivity index (χ0) is 17.6. The predicted octanol–water partition coefficient (Wildman–Crippen LogP) is 1.36. The number of sulfonamides is 1.